The molecule has 2 rings (SSSR count). The van der Waals surface area contributed by atoms with Crippen molar-refractivity contribution in [2.75, 3.05) is 18.1 Å². The Bertz CT molecular complexity index is 519. The third-order valence-corrected chi connectivity index (χ3v) is 5.10. The number of hydrogen-bond acceptors (Lipinski definition) is 5. The van der Waals surface area contributed by atoms with Gasteiger partial charge < -0.3 is 10.1 Å². The van der Waals surface area contributed by atoms with Crippen molar-refractivity contribution in [2.45, 2.75) is 30.6 Å². The summed E-state index contributed by atoms with van der Waals surface area (Å²) < 4.78 is 29.0. The van der Waals surface area contributed by atoms with E-state index in [9.17, 15) is 18.9 Å². The average Bonchev–Trinajstić information content (AvgIpc) is 2.37. The Morgan fingerprint density at radius 1 is 1.52 bits per heavy atom. The molecular formula is C13H16F2N2O3S. The largest absolute Gasteiger partial charge is 0.427 e. The first kappa shape index (κ1) is 15.8. The van der Waals surface area contributed by atoms with Gasteiger partial charge in [-0.3, -0.25) is 10.1 Å². The van der Waals surface area contributed by atoms with Crippen molar-refractivity contribution >= 4 is 23.1 Å². The van der Waals surface area contributed by atoms with Crippen LogP contribution in [0.4, 0.5) is 20.2 Å². The number of halogens is 2. The van der Waals surface area contributed by atoms with Gasteiger partial charge in [0, 0.05) is 29.1 Å². The fraction of sp³-hybridized carbons (Fsp3) is 0.538. The normalized spacial score (nSPS) is 16.4. The number of nitrogens with zero attached hydrogens (tertiary/aromatic N) is 1. The Kier molecular flexibility index (Phi) is 4.87. The standard InChI is InChI=1S/C13H16F2N2O3S/c1-21-13(5-2-6-13)8-16-9-3-4-10(17(18)19)11(7-9)20-12(14)15/h3-4,7,12,16H,2,5-6,8H2,1H3. The number of nitrogens with one attached hydrogen (secondary N) is 1. The summed E-state index contributed by atoms with van der Waals surface area (Å²) >= 11 is 1.78. The van der Waals surface area contributed by atoms with Gasteiger partial charge in [0.1, 0.15) is 0 Å². The molecule has 5 nitrogen and oxygen atoms in total. The summed E-state index contributed by atoms with van der Waals surface area (Å²) in [6.07, 6.45) is 5.44. The van der Waals surface area contributed by atoms with E-state index in [0.29, 0.717) is 12.2 Å². The molecule has 21 heavy (non-hydrogen) atoms. The first-order valence-corrected chi connectivity index (χ1v) is 7.70. The van der Waals surface area contributed by atoms with Crippen LogP contribution in [0.2, 0.25) is 0 Å². The molecular weight excluding hydrogens is 302 g/mol. The lowest BCUT2D eigenvalue weighted by atomic mass is 9.84. The van der Waals surface area contributed by atoms with E-state index >= 15 is 0 Å². The van der Waals surface area contributed by atoms with E-state index in [1.807, 2.05) is 6.26 Å². The van der Waals surface area contributed by atoms with Crippen LogP contribution in [-0.2, 0) is 0 Å². The lowest BCUT2D eigenvalue weighted by molar-refractivity contribution is -0.386. The molecule has 0 unspecified atom stereocenters. The Hall–Kier alpha value is -1.57. The molecule has 116 valence electrons. The van der Waals surface area contributed by atoms with Gasteiger partial charge in [-0.05, 0) is 25.2 Å². The van der Waals surface area contributed by atoms with Gasteiger partial charge in [0.05, 0.1) is 4.92 Å². The van der Waals surface area contributed by atoms with Crippen LogP contribution in [0.15, 0.2) is 18.2 Å². The molecule has 1 saturated carbocycles. The minimum absolute atomic E-state index is 0.172. The zero-order valence-corrected chi connectivity index (χ0v) is 12.3. The van der Waals surface area contributed by atoms with Crippen LogP contribution in [-0.4, -0.2) is 29.1 Å². The van der Waals surface area contributed by atoms with E-state index in [4.69, 9.17) is 0 Å². The SMILES string of the molecule is CSC1(CNc2ccc([N+](=O)[O-])c(OC(F)F)c2)CCC1. The summed E-state index contributed by atoms with van der Waals surface area (Å²) in [5.41, 5.74) is 0.0700. The number of anilines is 1. The van der Waals surface area contributed by atoms with Crippen LogP contribution in [0.1, 0.15) is 19.3 Å². The molecule has 0 heterocycles. The van der Waals surface area contributed by atoms with Crippen LogP contribution < -0.4 is 10.1 Å². The van der Waals surface area contributed by atoms with E-state index in [0.717, 1.165) is 12.8 Å². The lowest BCUT2D eigenvalue weighted by Gasteiger charge is -2.40. The second-order valence-electron chi connectivity index (χ2n) is 4.91. The second kappa shape index (κ2) is 6.46. The minimum atomic E-state index is -3.09. The van der Waals surface area contributed by atoms with E-state index < -0.39 is 23.0 Å². The molecule has 1 N–H and O–H groups in total. The Morgan fingerprint density at radius 3 is 2.71 bits per heavy atom. The van der Waals surface area contributed by atoms with Crippen molar-refractivity contribution in [1.29, 1.82) is 0 Å². The van der Waals surface area contributed by atoms with Gasteiger partial charge in [0.15, 0.2) is 0 Å². The maximum Gasteiger partial charge on any atom is 0.387 e. The van der Waals surface area contributed by atoms with Crippen LogP contribution >= 0.6 is 11.8 Å². The molecule has 0 spiro atoms. The van der Waals surface area contributed by atoms with Crippen LogP contribution in [0.25, 0.3) is 0 Å². The highest BCUT2D eigenvalue weighted by molar-refractivity contribution is 8.00. The van der Waals surface area contributed by atoms with Crippen molar-refractivity contribution in [2.24, 2.45) is 0 Å². The highest BCUT2D eigenvalue weighted by Gasteiger charge is 2.35. The zero-order chi connectivity index (χ0) is 15.5. The summed E-state index contributed by atoms with van der Waals surface area (Å²) in [6, 6.07) is 3.92. The van der Waals surface area contributed by atoms with Gasteiger partial charge in [-0.2, -0.15) is 20.5 Å². The molecule has 0 atom stereocenters. The van der Waals surface area contributed by atoms with Crippen molar-refractivity contribution in [3.63, 3.8) is 0 Å². The number of nitro groups is 1. The molecule has 0 aromatic heterocycles. The number of rotatable bonds is 7. The summed E-state index contributed by atoms with van der Waals surface area (Å²) in [7, 11) is 0. The minimum Gasteiger partial charge on any atom is -0.427 e. The Labute approximate surface area is 125 Å². The summed E-state index contributed by atoms with van der Waals surface area (Å²) in [6.45, 7) is -2.40. The van der Waals surface area contributed by atoms with Gasteiger partial charge in [-0.15, -0.1) is 0 Å². The smallest absolute Gasteiger partial charge is 0.387 e. The van der Waals surface area contributed by atoms with Crippen molar-refractivity contribution < 1.29 is 18.4 Å². The van der Waals surface area contributed by atoms with Crippen LogP contribution in [0.3, 0.4) is 0 Å². The fourth-order valence-corrected chi connectivity index (χ4v) is 3.17. The summed E-state index contributed by atoms with van der Waals surface area (Å²) in [4.78, 5) is 10.1. The molecule has 0 aliphatic heterocycles. The molecule has 0 amide bonds. The van der Waals surface area contributed by atoms with Crippen molar-refractivity contribution in [3.05, 3.63) is 28.3 Å². The molecule has 0 bridgehead atoms. The number of hydrogen-bond donors (Lipinski definition) is 1. The molecule has 1 fully saturated rings. The Morgan fingerprint density at radius 2 is 2.24 bits per heavy atom. The molecule has 0 saturated heterocycles. The molecule has 8 heteroatoms. The second-order valence-corrected chi connectivity index (χ2v) is 6.19. The number of thioether (sulfide) groups is 1. The number of nitro benzene ring substituents is 1. The van der Waals surface area contributed by atoms with Crippen LogP contribution in [0, 0.1) is 10.1 Å². The highest BCUT2D eigenvalue weighted by Crippen LogP contribution is 2.43. The molecule has 1 aliphatic carbocycles. The monoisotopic (exact) mass is 318 g/mol. The maximum absolute atomic E-state index is 12.3. The van der Waals surface area contributed by atoms with E-state index in [-0.39, 0.29) is 4.75 Å². The first-order valence-electron chi connectivity index (χ1n) is 6.48. The molecule has 0 radical (unpaired) electrons. The van der Waals surface area contributed by atoms with Gasteiger partial charge in [0.25, 0.3) is 0 Å². The number of alkyl halides is 2. The molecule has 1 aromatic carbocycles. The Balaban J connectivity index is 2.11. The van der Waals surface area contributed by atoms with Gasteiger partial charge >= 0.3 is 12.3 Å². The third-order valence-electron chi connectivity index (χ3n) is 3.69. The van der Waals surface area contributed by atoms with Crippen molar-refractivity contribution in [3.8, 4) is 5.75 Å². The third kappa shape index (κ3) is 3.75. The predicted molar refractivity (Wildman–Crippen MR) is 78.3 cm³/mol. The van der Waals surface area contributed by atoms with Crippen molar-refractivity contribution in [1.82, 2.24) is 0 Å². The van der Waals surface area contributed by atoms with E-state index in [1.54, 1.807) is 11.8 Å². The van der Waals surface area contributed by atoms with E-state index in [2.05, 4.69) is 10.1 Å². The number of benzene rings is 1. The van der Waals surface area contributed by atoms with Gasteiger partial charge in [0.2, 0.25) is 5.75 Å². The average molecular weight is 318 g/mol. The maximum atomic E-state index is 12.3. The fourth-order valence-electron chi connectivity index (χ4n) is 2.25. The first-order chi connectivity index (χ1) is 9.96. The van der Waals surface area contributed by atoms with Crippen LogP contribution in [0.5, 0.6) is 5.75 Å². The van der Waals surface area contributed by atoms with E-state index in [1.165, 1.54) is 24.6 Å². The predicted octanol–water partition coefficient (Wildman–Crippen LogP) is 3.89. The summed E-state index contributed by atoms with van der Waals surface area (Å²) in [5, 5.41) is 13.9. The number of ether oxygens (including phenoxy) is 1. The molecule has 1 aliphatic rings. The summed E-state index contributed by atoms with van der Waals surface area (Å²) in [5.74, 6) is -0.424. The quantitative estimate of drug-likeness (QED) is 0.610. The zero-order valence-electron chi connectivity index (χ0n) is 11.5. The lowest BCUT2D eigenvalue weighted by Crippen LogP contribution is -2.40. The topological polar surface area (TPSA) is 64.4 Å². The highest BCUT2D eigenvalue weighted by atomic mass is 32.2. The van der Waals surface area contributed by atoms with Gasteiger partial charge in [-0.25, -0.2) is 0 Å². The molecule has 1 aromatic rings. The van der Waals surface area contributed by atoms with Gasteiger partial charge in [-0.1, -0.05) is 6.42 Å².